The molecule has 23 heavy (non-hydrogen) atoms. The minimum atomic E-state index is 0.188. The number of hydrogen-bond acceptors (Lipinski definition) is 2. The van der Waals surface area contributed by atoms with E-state index >= 15 is 0 Å². The normalized spacial score (nSPS) is 10.2. The first-order valence-corrected chi connectivity index (χ1v) is 7.64. The van der Waals surface area contributed by atoms with Gasteiger partial charge in [0.2, 0.25) is 6.71 Å². The summed E-state index contributed by atoms with van der Waals surface area (Å²) in [7, 11) is 3.38. The van der Waals surface area contributed by atoms with E-state index in [0.29, 0.717) is 0 Å². The minimum absolute atomic E-state index is 0.188. The van der Waals surface area contributed by atoms with Crippen molar-refractivity contribution in [1.29, 1.82) is 0 Å². The summed E-state index contributed by atoms with van der Waals surface area (Å²) in [6.45, 7) is 0.188. The highest BCUT2D eigenvalue weighted by Gasteiger charge is 2.21. The second kappa shape index (κ2) is 7.06. The van der Waals surface area contributed by atoms with Crippen molar-refractivity contribution in [3.05, 3.63) is 78.9 Å². The Bertz CT molecular complexity index is 689. The van der Waals surface area contributed by atoms with Gasteiger partial charge in [0, 0.05) is 0 Å². The van der Waals surface area contributed by atoms with Gasteiger partial charge in [-0.3, -0.25) is 0 Å². The Labute approximate surface area is 137 Å². The van der Waals surface area contributed by atoms with Crippen LogP contribution in [-0.4, -0.2) is 20.9 Å². The Morgan fingerprint density at radius 1 is 0.522 bits per heavy atom. The van der Waals surface area contributed by atoms with Crippen LogP contribution < -0.4 is 25.9 Å². The molecule has 0 unspecified atom stereocenters. The molecule has 0 amide bonds. The first-order chi connectivity index (χ1) is 11.3. The first kappa shape index (κ1) is 15.2. The summed E-state index contributed by atoms with van der Waals surface area (Å²) in [6.07, 6.45) is 0. The smallest absolute Gasteiger partial charge is 0.241 e. The van der Waals surface area contributed by atoms with Crippen LogP contribution in [0.15, 0.2) is 78.9 Å². The zero-order valence-corrected chi connectivity index (χ0v) is 13.4. The second-order valence-corrected chi connectivity index (χ2v) is 5.39. The molecule has 0 aromatic heterocycles. The molecule has 0 saturated heterocycles. The highest BCUT2D eigenvalue weighted by molar-refractivity contribution is 6.95. The van der Waals surface area contributed by atoms with Crippen molar-refractivity contribution in [1.82, 2.24) is 0 Å². The molecule has 3 heteroatoms. The summed E-state index contributed by atoms with van der Waals surface area (Å²) in [4.78, 5) is 0. The molecule has 0 heterocycles. The Balaban J connectivity index is 2.05. The zero-order valence-electron chi connectivity index (χ0n) is 13.4. The molecule has 0 saturated carbocycles. The second-order valence-electron chi connectivity index (χ2n) is 5.39. The molecule has 0 radical (unpaired) electrons. The number of hydrogen-bond donors (Lipinski definition) is 0. The van der Waals surface area contributed by atoms with E-state index in [0.717, 1.165) is 11.5 Å². The third-order valence-corrected chi connectivity index (χ3v) is 4.03. The molecule has 3 aromatic carbocycles. The maximum Gasteiger partial charge on any atom is 0.241 e. The van der Waals surface area contributed by atoms with Crippen LogP contribution in [0.2, 0.25) is 0 Å². The van der Waals surface area contributed by atoms with Gasteiger partial charge in [-0.2, -0.15) is 0 Å². The van der Waals surface area contributed by atoms with Gasteiger partial charge < -0.3 is 9.47 Å². The van der Waals surface area contributed by atoms with Crippen LogP contribution >= 0.6 is 0 Å². The van der Waals surface area contributed by atoms with E-state index in [1.54, 1.807) is 14.2 Å². The van der Waals surface area contributed by atoms with Gasteiger partial charge in [-0.05, 0) is 24.3 Å². The SMILES string of the molecule is COc1ccc(B(c2ccccc2)c2ccc(OC)cc2)cc1. The fraction of sp³-hybridized carbons (Fsp3) is 0.100. The molecule has 2 nitrogen and oxygen atoms in total. The lowest BCUT2D eigenvalue weighted by Gasteiger charge is -2.16. The van der Waals surface area contributed by atoms with Crippen molar-refractivity contribution < 1.29 is 9.47 Å². The van der Waals surface area contributed by atoms with Crippen molar-refractivity contribution in [2.24, 2.45) is 0 Å². The summed E-state index contributed by atoms with van der Waals surface area (Å²) >= 11 is 0. The van der Waals surface area contributed by atoms with Gasteiger partial charge in [-0.15, -0.1) is 0 Å². The van der Waals surface area contributed by atoms with Gasteiger partial charge in [0.1, 0.15) is 11.5 Å². The van der Waals surface area contributed by atoms with Crippen LogP contribution in [-0.2, 0) is 0 Å². The molecule has 0 aliphatic carbocycles. The van der Waals surface area contributed by atoms with Crippen LogP contribution in [0.1, 0.15) is 0 Å². The quantitative estimate of drug-likeness (QED) is 0.673. The molecule has 3 rings (SSSR count). The molecule has 0 fully saturated rings. The molecule has 3 aromatic rings. The van der Waals surface area contributed by atoms with Crippen molar-refractivity contribution in [2.75, 3.05) is 14.2 Å². The summed E-state index contributed by atoms with van der Waals surface area (Å²) in [5, 5.41) is 0. The molecule has 0 spiro atoms. The fourth-order valence-corrected chi connectivity index (χ4v) is 2.82. The average Bonchev–Trinajstić information content (AvgIpc) is 2.64. The highest BCUT2D eigenvalue weighted by Crippen LogP contribution is 2.09. The van der Waals surface area contributed by atoms with Crippen LogP contribution in [0, 0.1) is 0 Å². The lowest BCUT2D eigenvalue weighted by atomic mass is 9.37. The molecular formula is C20H19BO2. The predicted octanol–water partition coefficient (Wildman–Crippen LogP) is 2.22. The molecule has 0 N–H and O–H groups in total. The minimum Gasteiger partial charge on any atom is -0.497 e. The molecule has 0 aliphatic heterocycles. The molecule has 114 valence electrons. The largest absolute Gasteiger partial charge is 0.497 e. The van der Waals surface area contributed by atoms with Gasteiger partial charge >= 0.3 is 0 Å². The van der Waals surface area contributed by atoms with Gasteiger partial charge in [0.15, 0.2) is 0 Å². The summed E-state index contributed by atoms with van der Waals surface area (Å²) in [5.41, 5.74) is 3.74. The lowest BCUT2D eigenvalue weighted by molar-refractivity contribution is 0.415. The topological polar surface area (TPSA) is 18.5 Å². The van der Waals surface area contributed by atoms with Crippen LogP contribution in [0.5, 0.6) is 11.5 Å². The number of rotatable bonds is 5. The van der Waals surface area contributed by atoms with Crippen molar-refractivity contribution in [2.45, 2.75) is 0 Å². The molecular weight excluding hydrogens is 283 g/mol. The van der Waals surface area contributed by atoms with Crippen molar-refractivity contribution in [3.8, 4) is 11.5 Å². The monoisotopic (exact) mass is 302 g/mol. The molecule has 0 atom stereocenters. The highest BCUT2D eigenvalue weighted by atomic mass is 16.5. The zero-order chi connectivity index (χ0) is 16.1. The van der Waals surface area contributed by atoms with Crippen LogP contribution in [0.25, 0.3) is 0 Å². The predicted molar refractivity (Wildman–Crippen MR) is 97.1 cm³/mol. The Hall–Kier alpha value is -2.68. The van der Waals surface area contributed by atoms with E-state index in [1.165, 1.54) is 16.4 Å². The fourth-order valence-electron chi connectivity index (χ4n) is 2.82. The number of benzene rings is 3. The van der Waals surface area contributed by atoms with E-state index in [-0.39, 0.29) is 6.71 Å². The average molecular weight is 302 g/mol. The number of methoxy groups -OCH3 is 2. The maximum absolute atomic E-state index is 5.27. The Morgan fingerprint density at radius 3 is 1.30 bits per heavy atom. The van der Waals surface area contributed by atoms with E-state index in [9.17, 15) is 0 Å². The standard InChI is InChI=1S/C20H19BO2/c1-22-19-12-8-17(9-13-19)21(16-6-4-3-5-7-16)18-10-14-20(23-2)15-11-18/h3-15H,1-2H3. The Morgan fingerprint density at radius 2 is 0.913 bits per heavy atom. The van der Waals surface area contributed by atoms with Crippen molar-refractivity contribution >= 4 is 23.1 Å². The van der Waals surface area contributed by atoms with Gasteiger partial charge in [-0.1, -0.05) is 71.0 Å². The molecule has 0 aliphatic rings. The third kappa shape index (κ3) is 3.40. The third-order valence-electron chi connectivity index (χ3n) is 4.03. The van der Waals surface area contributed by atoms with Crippen LogP contribution in [0.3, 0.4) is 0 Å². The number of ether oxygens (including phenoxy) is 2. The molecule has 0 bridgehead atoms. The maximum atomic E-state index is 5.27. The van der Waals surface area contributed by atoms with Crippen LogP contribution in [0.4, 0.5) is 0 Å². The van der Waals surface area contributed by atoms with Gasteiger partial charge in [0.05, 0.1) is 14.2 Å². The van der Waals surface area contributed by atoms with Crippen molar-refractivity contribution in [3.63, 3.8) is 0 Å². The lowest BCUT2D eigenvalue weighted by Crippen LogP contribution is -2.51. The summed E-state index contributed by atoms with van der Waals surface area (Å²) < 4.78 is 10.5. The Kier molecular flexibility index (Phi) is 4.67. The van der Waals surface area contributed by atoms with Gasteiger partial charge in [0.25, 0.3) is 0 Å². The van der Waals surface area contributed by atoms with E-state index in [4.69, 9.17) is 9.47 Å². The van der Waals surface area contributed by atoms with E-state index < -0.39 is 0 Å². The first-order valence-electron chi connectivity index (χ1n) is 7.64. The summed E-state index contributed by atoms with van der Waals surface area (Å²) in [5.74, 6) is 1.74. The summed E-state index contributed by atoms with van der Waals surface area (Å²) in [6, 6.07) is 27.1. The van der Waals surface area contributed by atoms with Gasteiger partial charge in [-0.25, -0.2) is 0 Å². The van der Waals surface area contributed by atoms with E-state index in [2.05, 4.69) is 48.5 Å². The van der Waals surface area contributed by atoms with E-state index in [1.807, 2.05) is 30.3 Å².